The minimum atomic E-state index is -0.302. The van der Waals surface area contributed by atoms with Crippen molar-refractivity contribution < 1.29 is 8.78 Å². The average Bonchev–Trinajstić information content (AvgIpc) is 3.46. The zero-order chi connectivity index (χ0) is 26.5. The predicted molar refractivity (Wildman–Crippen MR) is 145 cm³/mol. The van der Waals surface area contributed by atoms with Crippen molar-refractivity contribution in [3.05, 3.63) is 102 Å². The van der Waals surface area contributed by atoms with Crippen molar-refractivity contribution in [3.63, 3.8) is 0 Å². The number of aromatic nitrogens is 5. The Balaban J connectivity index is 1.61. The lowest BCUT2D eigenvalue weighted by molar-refractivity contribution is 0.602. The van der Waals surface area contributed by atoms with Crippen LogP contribution in [0.2, 0.25) is 0 Å². The Morgan fingerprint density at radius 2 is 1.53 bits per heavy atom. The van der Waals surface area contributed by atoms with Crippen LogP contribution in [0, 0.1) is 17.6 Å². The predicted octanol–water partition coefficient (Wildman–Crippen LogP) is 6.61. The van der Waals surface area contributed by atoms with E-state index >= 15 is 0 Å². The molecular formula is C29H27F2N7. The molecule has 7 nitrogen and oxygen atoms in total. The lowest BCUT2D eigenvalue weighted by atomic mass is 10.0. The zero-order valence-electron chi connectivity index (χ0n) is 21.1. The number of hydrogen-bond acceptors (Lipinski definition) is 6. The van der Waals surface area contributed by atoms with Gasteiger partial charge in [0.05, 0.1) is 5.69 Å². The maximum atomic E-state index is 13.6. The first kappa shape index (κ1) is 25.0. The van der Waals surface area contributed by atoms with Crippen LogP contribution in [0.25, 0.3) is 22.6 Å². The molecule has 0 spiro atoms. The zero-order valence-corrected chi connectivity index (χ0v) is 21.1. The Hall–Kier alpha value is -4.66. The van der Waals surface area contributed by atoms with Gasteiger partial charge >= 0.3 is 0 Å². The van der Waals surface area contributed by atoms with Crippen molar-refractivity contribution in [1.29, 1.82) is 0 Å². The Labute approximate surface area is 219 Å². The Morgan fingerprint density at radius 1 is 0.842 bits per heavy atom. The summed E-state index contributed by atoms with van der Waals surface area (Å²) in [6.45, 7) is 5.58. The fraction of sp³-hybridized carbons (Fsp3) is 0.172. The van der Waals surface area contributed by atoms with E-state index in [1.54, 1.807) is 24.3 Å². The molecule has 0 saturated heterocycles. The molecule has 0 bridgehead atoms. The first-order valence-corrected chi connectivity index (χ1v) is 12.3. The molecular weight excluding hydrogens is 484 g/mol. The maximum Gasteiger partial charge on any atom is 0.180 e. The van der Waals surface area contributed by atoms with Crippen molar-refractivity contribution in [1.82, 2.24) is 25.6 Å². The van der Waals surface area contributed by atoms with Crippen molar-refractivity contribution >= 4 is 17.2 Å². The van der Waals surface area contributed by atoms with Crippen LogP contribution in [0.3, 0.4) is 0 Å². The molecule has 2 aromatic heterocycles. The van der Waals surface area contributed by atoms with Crippen LogP contribution in [0.4, 0.5) is 26.0 Å². The summed E-state index contributed by atoms with van der Waals surface area (Å²) in [5, 5.41) is 17.8. The lowest BCUT2D eigenvalue weighted by Crippen LogP contribution is -2.28. The maximum absolute atomic E-state index is 13.6. The minimum absolute atomic E-state index is 0.270. The average molecular weight is 512 g/mol. The van der Waals surface area contributed by atoms with E-state index in [0.29, 0.717) is 24.0 Å². The molecule has 192 valence electrons. The summed E-state index contributed by atoms with van der Waals surface area (Å²) < 4.78 is 27.1. The highest BCUT2D eigenvalue weighted by Gasteiger charge is 2.17. The fourth-order valence-corrected chi connectivity index (χ4v) is 4.26. The topological polar surface area (TPSA) is 82.6 Å². The first-order valence-electron chi connectivity index (χ1n) is 12.3. The fourth-order valence-electron chi connectivity index (χ4n) is 4.26. The standard InChI is InChI=1S/C29H27F2N7/c1-19(2)17-38(18-20-7-9-21(30)10-8-20)28-16-24(32-23-13-11-22(31)12-14-23)15-27(33-28)25-5-3-4-6-26(25)29-34-36-37-35-29/h3-16,19H,17-18H2,1-2H3,(H,32,33)(H,34,35,36,37). The molecule has 38 heavy (non-hydrogen) atoms. The van der Waals surface area contributed by atoms with E-state index < -0.39 is 0 Å². The third-order valence-corrected chi connectivity index (χ3v) is 5.94. The highest BCUT2D eigenvalue weighted by Crippen LogP contribution is 2.33. The number of nitrogens with one attached hydrogen (secondary N) is 2. The third kappa shape index (κ3) is 6.00. The number of aromatic amines is 1. The summed E-state index contributed by atoms with van der Waals surface area (Å²) >= 11 is 0. The summed E-state index contributed by atoms with van der Waals surface area (Å²) in [5.41, 5.74) is 4.88. The van der Waals surface area contributed by atoms with Gasteiger partial charge in [-0.2, -0.15) is 0 Å². The van der Waals surface area contributed by atoms with E-state index in [1.807, 2.05) is 36.4 Å². The second-order valence-electron chi connectivity index (χ2n) is 9.43. The van der Waals surface area contributed by atoms with Gasteiger partial charge in [0, 0.05) is 41.7 Å². The molecule has 0 amide bonds. The summed E-state index contributed by atoms with van der Waals surface area (Å²) in [6, 6.07) is 24.4. The second kappa shape index (κ2) is 11.2. The SMILES string of the molecule is CC(C)CN(Cc1ccc(F)cc1)c1cc(Nc2ccc(F)cc2)cc(-c2ccccc2-c2nnn[nH]2)n1. The molecule has 0 aliphatic heterocycles. The summed E-state index contributed by atoms with van der Waals surface area (Å²) in [4.78, 5) is 7.24. The molecule has 0 saturated carbocycles. The van der Waals surface area contributed by atoms with Gasteiger partial charge in [-0.05, 0) is 64.4 Å². The Bertz CT molecular complexity index is 1480. The van der Waals surface area contributed by atoms with E-state index in [0.717, 1.165) is 40.4 Å². The van der Waals surface area contributed by atoms with Crippen LogP contribution in [-0.2, 0) is 6.54 Å². The molecule has 0 radical (unpaired) electrons. The smallest absolute Gasteiger partial charge is 0.180 e. The van der Waals surface area contributed by atoms with Gasteiger partial charge < -0.3 is 10.2 Å². The van der Waals surface area contributed by atoms with Crippen molar-refractivity contribution in [2.45, 2.75) is 20.4 Å². The highest BCUT2D eigenvalue weighted by atomic mass is 19.1. The third-order valence-electron chi connectivity index (χ3n) is 5.94. The molecule has 3 aromatic carbocycles. The van der Waals surface area contributed by atoms with Gasteiger partial charge in [0.1, 0.15) is 17.5 Å². The quantitative estimate of drug-likeness (QED) is 0.232. The summed E-state index contributed by atoms with van der Waals surface area (Å²) in [7, 11) is 0. The van der Waals surface area contributed by atoms with Crippen LogP contribution < -0.4 is 10.2 Å². The largest absolute Gasteiger partial charge is 0.355 e. The van der Waals surface area contributed by atoms with Crippen molar-refractivity contribution in [2.24, 2.45) is 5.92 Å². The Morgan fingerprint density at radius 3 is 2.18 bits per heavy atom. The van der Waals surface area contributed by atoms with Crippen LogP contribution in [0.15, 0.2) is 84.9 Å². The number of hydrogen-bond donors (Lipinski definition) is 2. The number of anilines is 3. The molecule has 0 unspecified atom stereocenters. The van der Waals surface area contributed by atoms with Gasteiger partial charge in [0.2, 0.25) is 0 Å². The number of rotatable bonds is 9. The van der Waals surface area contributed by atoms with Crippen LogP contribution >= 0.6 is 0 Å². The van der Waals surface area contributed by atoms with Gasteiger partial charge in [-0.15, -0.1) is 5.10 Å². The lowest BCUT2D eigenvalue weighted by Gasteiger charge is -2.27. The molecule has 0 atom stereocenters. The van der Waals surface area contributed by atoms with E-state index in [2.05, 4.69) is 44.7 Å². The second-order valence-corrected chi connectivity index (χ2v) is 9.43. The molecule has 0 fully saturated rings. The molecule has 5 rings (SSSR count). The van der Waals surface area contributed by atoms with Crippen LogP contribution in [-0.4, -0.2) is 32.2 Å². The number of H-pyrrole nitrogens is 1. The number of tetrazole rings is 1. The van der Waals surface area contributed by atoms with Gasteiger partial charge in [-0.3, -0.25) is 0 Å². The van der Waals surface area contributed by atoms with Gasteiger partial charge in [0.15, 0.2) is 5.82 Å². The molecule has 0 aliphatic rings. The Kier molecular flexibility index (Phi) is 7.35. The van der Waals surface area contributed by atoms with Crippen molar-refractivity contribution in [3.8, 4) is 22.6 Å². The van der Waals surface area contributed by atoms with Crippen LogP contribution in [0.1, 0.15) is 19.4 Å². The van der Waals surface area contributed by atoms with Crippen molar-refractivity contribution in [2.75, 3.05) is 16.8 Å². The van der Waals surface area contributed by atoms with E-state index in [-0.39, 0.29) is 11.6 Å². The normalized spacial score (nSPS) is 11.1. The van der Waals surface area contributed by atoms with Crippen LogP contribution in [0.5, 0.6) is 0 Å². The van der Waals surface area contributed by atoms with Gasteiger partial charge in [-0.1, -0.05) is 50.2 Å². The summed E-state index contributed by atoms with van der Waals surface area (Å²) in [6.07, 6.45) is 0. The highest BCUT2D eigenvalue weighted by molar-refractivity contribution is 5.81. The number of pyridine rings is 1. The summed E-state index contributed by atoms with van der Waals surface area (Å²) in [5.74, 6) is 1.06. The molecule has 2 N–H and O–H groups in total. The monoisotopic (exact) mass is 511 g/mol. The van der Waals surface area contributed by atoms with E-state index in [1.165, 1.54) is 24.3 Å². The number of nitrogens with zero attached hydrogens (tertiary/aromatic N) is 5. The molecule has 2 heterocycles. The minimum Gasteiger partial charge on any atom is -0.355 e. The number of benzene rings is 3. The molecule has 5 aromatic rings. The van der Waals surface area contributed by atoms with E-state index in [4.69, 9.17) is 4.98 Å². The van der Waals surface area contributed by atoms with Gasteiger partial charge in [-0.25, -0.2) is 18.9 Å². The number of halogens is 2. The first-order chi connectivity index (χ1) is 18.4. The molecule has 9 heteroatoms. The molecule has 0 aliphatic carbocycles. The van der Waals surface area contributed by atoms with Gasteiger partial charge in [0.25, 0.3) is 0 Å². The van der Waals surface area contributed by atoms with E-state index in [9.17, 15) is 8.78 Å².